The van der Waals surface area contributed by atoms with Crippen molar-refractivity contribution >= 4 is 0 Å². The molecular formula is C29H42N2O3. The number of aliphatic hydroxyl groups is 2. The molecule has 186 valence electrons. The summed E-state index contributed by atoms with van der Waals surface area (Å²) in [7, 11) is 2.20. The van der Waals surface area contributed by atoms with Crippen LogP contribution >= 0.6 is 0 Å². The van der Waals surface area contributed by atoms with Crippen LogP contribution in [0.25, 0.3) is 0 Å². The summed E-state index contributed by atoms with van der Waals surface area (Å²) in [5, 5.41) is 21.3. The highest BCUT2D eigenvalue weighted by molar-refractivity contribution is 5.49. The Morgan fingerprint density at radius 3 is 2.76 bits per heavy atom. The first kappa shape index (κ1) is 25.3. The van der Waals surface area contributed by atoms with Crippen LogP contribution in [0.2, 0.25) is 0 Å². The first-order valence-electron chi connectivity index (χ1n) is 13.1. The third-order valence-corrected chi connectivity index (χ3v) is 7.97. The minimum atomic E-state index is -0.555. The van der Waals surface area contributed by atoms with Crippen LogP contribution in [-0.2, 0) is 6.42 Å². The van der Waals surface area contributed by atoms with Gasteiger partial charge in [0.15, 0.2) is 0 Å². The summed E-state index contributed by atoms with van der Waals surface area (Å²) in [6.45, 7) is 9.72. The molecule has 0 radical (unpaired) electrons. The van der Waals surface area contributed by atoms with E-state index in [-0.39, 0.29) is 23.9 Å². The Balaban J connectivity index is 1.36. The van der Waals surface area contributed by atoms with Gasteiger partial charge in [0, 0.05) is 56.4 Å². The third kappa shape index (κ3) is 5.86. The van der Waals surface area contributed by atoms with Gasteiger partial charge in [-0.3, -0.25) is 0 Å². The molecule has 1 saturated carbocycles. The Labute approximate surface area is 205 Å². The largest absolute Gasteiger partial charge is 0.489 e. The zero-order chi connectivity index (χ0) is 24.1. The van der Waals surface area contributed by atoms with Gasteiger partial charge in [-0.2, -0.15) is 0 Å². The van der Waals surface area contributed by atoms with Crippen LogP contribution in [0.15, 0.2) is 30.4 Å². The molecule has 0 aromatic heterocycles. The van der Waals surface area contributed by atoms with Crippen LogP contribution in [0.5, 0.6) is 5.75 Å². The molecule has 2 heterocycles. The van der Waals surface area contributed by atoms with Crippen LogP contribution in [0.4, 0.5) is 0 Å². The van der Waals surface area contributed by atoms with Gasteiger partial charge in [-0.05, 0) is 51.3 Å². The Hall–Kier alpha value is -1.84. The number of fused-ring (bicyclic) bond motifs is 3. The molecule has 2 fully saturated rings. The number of piperazine rings is 1. The number of ether oxygens (including phenoxy) is 1. The first-order chi connectivity index (χ1) is 16.5. The van der Waals surface area contributed by atoms with E-state index in [0.29, 0.717) is 12.8 Å². The highest BCUT2D eigenvalue weighted by atomic mass is 16.5. The minimum absolute atomic E-state index is 0.0201. The van der Waals surface area contributed by atoms with Crippen molar-refractivity contribution in [3.8, 4) is 17.6 Å². The van der Waals surface area contributed by atoms with Crippen molar-refractivity contribution in [3.63, 3.8) is 0 Å². The summed E-state index contributed by atoms with van der Waals surface area (Å²) in [6, 6.07) is 6.52. The molecule has 2 aliphatic heterocycles. The first-order valence-corrected chi connectivity index (χ1v) is 13.1. The maximum absolute atomic E-state index is 10.8. The van der Waals surface area contributed by atoms with Crippen molar-refractivity contribution in [2.75, 3.05) is 39.8 Å². The molecule has 5 nitrogen and oxygen atoms in total. The number of hydrogen-bond acceptors (Lipinski definition) is 5. The molecule has 2 N–H and O–H groups in total. The number of nitrogens with zero attached hydrogens (tertiary/aromatic N) is 2. The van der Waals surface area contributed by atoms with Gasteiger partial charge in [0.2, 0.25) is 0 Å². The number of unbranched alkanes of at least 4 members (excludes halogenated alkanes) is 1. The minimum Gasteiger partial charge on any atom is -0.489 e. The smallest absolute Gasteiger partial charge is 0.126 e. The second kappa shape index (κ2) is 11.7. The molecule has 1 aromatic rings. The Kier molecular flexibility index (Phi) is 8.71. The van der Waals surface area contributed by atoms with Crippen molar-refractivity contribution < 1.29 is 14.9 Å². The monoisotopic (exact) mass is 466 g/mol. The van der Waals surface area contributed by atoms with Gasteiger partial charge in [0.1, 0.15) is 11.9 Å². The molecule has 5 heteroatoms. The summed E-state index contributed by atoms with van der Waals surface area (Å²) in [4.78, 5) is 4.98. The van der Waals surface area contributed by atoms with Crippen LogP contribution in [-0.4, -0.2) is 78.1 Å². The lowest BCUT2D eigenvalue weighted by atomic mass is 9.86. The number of hydrogen-bond donors (Lipinski definition) is 2. The normalized spacial score (nSPS) is 28.7. The Morgan fingerprint density at radius 2 is 2.00 bits per heavy atom. The predicted molar refractivity (Wildman–Crippen MR) is 137 cm³/mol. The summed E-state index contributed by atoms with van der Waals surface area (Å²) < 4.78 is 6.44. The average Bonchev–Trinajstić information content (AvgIpc) is 3.34. The second-order valence-corrected chi connectivity index (χ2v) is 10.5. The predicted octanol–water partition coefficient (Wildman–Crippen LogP) is 3.45. The molecule has 1 aliphatic carbocycles. The molecule has 3 aliphatic rings. The molecule has 0 spiro atoms. The third-order valence-electron chi connectivity index (χ3n) is 7.97. The van der Waals surface area contributed by atoms with E-state index in [9.17, 15) is 10.2 Å². The Morgan fingerprint density at radius 1 is 1.21 bits per heavy atom. The fourth-order valence-electron chi connectivity index (χ4n) is 5.70. The van der Waals surface area contributed by atoms with Gasteiger partial charge < -0.3 is 24.7 Å². The van der Waals surface area contributed by atoms with E-state index in [0.717, 1.165) is 18.6 Å². The van der Waals surface area contributed by atoms with Gasteiger partial charge in [-0.25, -0.2) is 0 Å². The molecule has 1 saturated heterocycles. The highest BCUT2D eigenvalue weighted by Crippen LogP contribution is 2.52. The molecule has 0 amide bonds. The zero-order valence-electron chi connectivity index (χ0n) is 21.1. The Bertz CT molecular complexity index is 896. The maximum atomic E-state index is 10.8. The number of rotatable bonds is 9. The molecule has 4 rings (SSSR count). The van der Waals surface area contributed by atoms with E-state index in [1.807, 2.05) is 26.0 Å². The molecule has 6 atom stereocenters. The summed E-state index contributed by atoms with van der Waals surface area (Å²) >= 11 is 0. The molecule has 34 heavy (non-hydrogen) atoms. The lowest BCUT2D eigenvalue weighted by molar-refractivity contribution is 0.134. The van der Waals surface area contributed by atoms with Crippen molar-refractivity contribution in [2.24, 2.45) is 11.8 Å². The molecule has 0 bridgehead atoms. The van der Waals surface area contributed by atoms with Gasteiger partial charge in [-0.15, -0.1) is 11.8 Å². The number of para-hydroxylation sites is 1. The van der Waals surface area contributed by atoms with Crippen molar-refractivity contribution in [1.29, 1.82) is 0 Å². The van der Waals surface area contributed by atoms with Crippen molar-refractivity contribution in [1.82, 2.24) is 9.80 Å². The number of aliphatic hydroxyl groups excluding tert-OH is 2. The van der Waals surface area contributed by atoms with E-state index in [1.54, 1.807) is 0 Å². The SMILES string of the molecule is CC#CC[C@@H](C)[C@H](O)/C=C/[C@@H]1[C@H]2c3cccc(CCCCN4CCN(C)CC4)c3O[C@H]2C[C@H]1O. The second-order valence-electron chi connectivity index (χ2n) is 10.5. The topological polar surface area (TPSA) is 56.2 Å². The van der Waals surface area contributed by atoms with Crippen LogP contribution in [0, 0.1) is 23.7 Å². The fraction of sp³-hybridized carbons (Fsp3) is 0.655. The van der Waals surface area contributed by atoms with E-state index in [1.165, 1.54) is 50.3 Å². The van der Waals surface area contributed by atoms with E-state index in [2.05, 4.69) is 46.9 Å². The van der Waals surface area contributed by atoms with E-state index < -0.39 is 12.2 Å². The lowest BCUT2D eigenvalue weighted by Gasteiger charge is -2.32. The summed E-state index contributed by atoms with van der Waals surface area (Å²) in [5.41, 5.74) is 2.53. The maximum Gasteiger partial charge on any atom is 0.126 e. The molecule has 1 aromatic carbocycles. The van der Waals surface area contributed by atoms with Gasteiger partial charge >= 0.3 is 0 Å². The van der Waals surface area contributed by atoms with E-state index in [4.69, 9.17) is 4.74 Å². The molecule has 0 unspecified atom stereocenters. The quantitative estimate of drug-likeness (QED) is 0.332. The fourth-order valence-corrected chi connectivity index (χ4v) is 5.70. The van der Waals surface area contributed by atoms with Crippen molar-refractivity contribution in [2.45, 2.75) is 70.2 Å². The van der Waals surface area contributed by atoms with Crippen molar-refractivity contribution in [3.05, 3.63) is 41.5 Å². The number of aryl methyl sites for hydroxylation is 1. The summed E-state index contributed by atoms with van der Waals surface area (Å²) in [6.07, 6.45) is 7.64. The van der Waals surface area contributed by atoms with Gasteiger partial charge in [0.25, 0.3) is 0 Å². The van der Waals surface area contributed by atoms with Gasteiger partial charge in [0.05, 0.1) is 12.2 Å². The molecular weight excluding hydrogens is 424 g/mol. The zero-order valence-corrected chi connectivity index (χ0v) is 21.1. The average molecular weight is 467 g/mol. The van der Waals surface area contributed by atoms with Crippen LogP contribution in [0.1, 0.15) is 56.6 Å². The number of benzene rings is 1. The van der Waals surface area contributed by atoms with Crippen LogP contribution in [0.3, 0.4) is 0 Å². The van der Waals surface area contributed by atoms with Gasteiger partial charge in [-0.1, -0.05) is 37.3 Å². The standard InChI is InChI=1S/C29H42N2O3/c1-4-5-9-21(2)25(32)14-13-23-26(33)20-27-28(23)24-12-8-11-22(29(24)34-27)10-6-7-15-31-18-16-30(3)17-19-31/h8,11-14,21,23,25-28,32-33H,6-7,9-10,15-20H2,1-3H3/b14-13+/t21-,23+,25-,26-,27+,28+/m1/s1. The van der Waals surface area contributed by atoms with Crippen LogP contribution < -0.4 is 4.74 Å². The number of likely N-dealkylation sites (N-methyl/N-ethyl adjacent to an activating group) is 1. The lowest BCUT2D eigenvalue weighted by Crippen LogP contribution is -2.44. The highest BCUT2D eigenvalue weighted by Gasteiger charge is 2.48. The van der Waals surface area contributed by atoms with E-state index >= 15 is 0 Å². The summed E-state index contributed by atoms with van der Waals surface area (Å²) in [5.74, 6) is 7.19.